The molecule has 0 atom stereocenters. The van der Waals surface area contributed by atoms with E-state index in [4.69, 9.17) is 0 Å². The summed E-state index contributed by atoms with van der Waals surface area (Å²) in [5, 5.41) is 0. The van der Waals surface area contributed by atoms with Crippen molar-refractivity contribution in [2.45, 2.75) is 31.1 Å². The van der Waals surface area contributed by atoms with Crippen molar-refractivity contribution in [2.24, 2.45) is 0 Å². The van der Waals surface area contributed by atoms with Crippen molar-refractivity contribution in [1.29, 1.82) is 0 Å². The second-order valence-corrected chi connectivity index (χ2v) is 9.26. The van der Waals surface area contributed by atoms with Gasteiger partial charge in [-0.3, -0.25) is 4.31 Å². The molecule has 3 aromatic rings. The van der Waals surface area contributed by atoms with Crippen molar-refractivity contribution in [3.63, 3.8) is 0 Å². The van der Waals surface area contributed by atoms with E-state index in [9.17, 15) is 8.42 Å². The molecule has 1 aliphatic heterocycles. The molecule has 1 heterocycles. The summed E-state index contributed by atoms with van der Waals surface area (Å²) < 4.78 is 28.8. The third kappa shape index (κ3) is 3.99. The summed E-state index contributed by atoms with van der Waals surface area (Å²) in [7, 11) is -3.61. The lowest BCUT2D eigenvalue weighted by Crippen LogP contribution is -2.35. The number of nitrogens with zero attached hydrogens (tertiary/aromatic N) is 1. The Balaban J connectivity index is 1.91. The van der Waals surface area contributed by atoms with Crippen molar-refractivity contribution in [3.8, 4) is 0 Å². The molecular formula is C25H25NO2S. The Kier molecular flexibility index (Phi) is 5.54. The number of allylic oxidation sites excluding steroid dienone is 1. The minimum Gasteiger partial charge on any atom is -0.270 e. The van der Waals surface area contributed by atoms with E-state index in [2.05, 4.69) is 24.3 Å². The zero-order chi connectivity index (χ0) is 20.3. The summed E-state index contributed by atoms with van der Waals surface area (Å²) in [4.78, 5) is 0.350. The van der Waals surface area contributed by atoms with Crippen LogP contribution in [0.25, 0.3) is 5.57 Å². The molecule has 0 bridgehead atoms. The van der Waals surface area contributed by atoms with Crippen molar-refractivity contribution in [2.75, 3.05) is 6.54 Å². The maximum absolute atomic E-state index is 13.6. The molecule has 29 heavy (non-hydrogen) atoms. The van der Waals surface area contributed by atoms with Gasteiger partial charge in [-0.2, -0.15) is 0 Å². The van der Waals surface area contributed by atoms with E-state index >= 15 is 0 Å². The summed E-state index contributed by atoms with van der Waals surface area (Å²) in [6, 6.07) is 27.3. The van der Waals surface area contributed by atoms with E-state index in [1.807, 2.05) is 55.5 Å². The predicted molar refractivity (Wildman–Crippen MR) is 118 cm³/mol. The summed E-state index contributed by atoms with van der Waals surface area (Å²) in [6.07, 6.45) is 2.59. The molecular weight excluding hydrogens is 378 g/mol. The third-order valence-corrected chi connectivity index (χ3v) is 7.20. The van der Waals surface area contributed by atoms with Crippen molar-refractivity contribution in [3.05, 3.63) is 107 Å². The first-order valence-electron chi connectivity index (χ1n) is 10.0. The van der Waals surface area contributed by atoms with E-state index in [1.165, 1.54) is 0 Å². The molecule has 0 spiro atoms. The third-order valence-electron chi connectivity index (χ3n) is 5.35. The van der Waals surface area contributed by atoms with Crippen LogP contribution in [-0.4, -0.2) is 19.3 Å². The van der Waals surface area contributed by atoms with Crippen LogP contribution in [0.5, 0.6) is 0 Å². The van der Waals surface area contributed by atoms with Gasteiger partial charge < -0.3 is 0 Å². The van der Waals surface area contributed by atoms with Gasteiger partial charge in [-0.1, -0.05) is 78.4 Å². The van der Waals surface area contributed by atoms with Gasteiger partial charge in [0.15, 0.2) is 0 Å². The van der Waals surface area contributed by atoms with Crippen molar-refractivity contribution < 1.29 is 8.42 Å². The second-order valence-electron chi connectivity index (χ2n) is 7.40. The molecule has 0 aliphatic carbocycles. The normalized spacial score (nSPS) is 14.7. The Morgan fingerprint density at radius 3 is 1.86 bits per heavy atom. The fourth-order valence-corrected chi connectivity index (χ4v) is 5.45. The number of rotatable bonds is 4. The number of hydrogen-bond donors (Lipinski definition) is 0. The van der Waals surface area contributed by atoms with E-state index < -0.39 is 10.0 Å². The van der Waals surface area contributed by atoms with Crippen LogP contribution in [0.2, 0.25) is 0 Å². The highest BCUT2D eigenvalue weighted by molar-refractivity contribution is 7.89. The van der Waals surface area contributed by atoms with Crippen molar-refractivity contribution >= 4 is 15.6 Å². The van der Waals surface area contributed by atoms with E-state index in [0.717, 1.165) is 47.2 Å². The molecule has 0 N–H and O–H groups in total. The van der Waals surface area contributed by atoms with Gasteiger partial charge in [0.25, 0.3) is 10.0 Å². The van der Waals surface area contributed by atoms with Crippen LogP contribution < -0.4 is 0 Å². The quantitative estimate of drug-likeness (QED) is 0.566. The molecule has 0 unspecified atom stereocenters. The summed E-state index contributed by atoms with van der Waals surface area (Å²) in [5.74, 6) is 0. The molecule has 3 aromatic carbocycles. The fourth-order valence-electron chi connectivity index (χ4n) is 3.87. The van der Waals surface area contributed by atoms with Crippen LogP contribution in [0.1, 0.15) is 36.0 Å². The molecule has 0 saturated carbocycles. The van der Waals surface area contributed by atoms with Gasteiger partial charge in [0.2, 0.25) is 0 Å². The Labute approximate surface area is 173 Å². The van der Waals surface area contributed by atoms with Crippen LogP contribution in [0.3, 0.4) is 0 Å². The van der Waals surface area contributed by atoms with Crippen LogP contribution in [0, 0.1) is 6.92 Å². The lowest BCUT2D eigenvalue weighted by atomic mass is 9.93. The highest BCUT2D eigenvalue weighted by atomic mass is 32.2. The van der Waals surface area contributed by atoms with Gasteiger partial charge in [0, 0.05) is 17.8 Å². The Hall–Kier alpha value is -2.85. The highest BCUT2D eigenvalue weighted by Gasteiger charge is 2.31. The lowest BCUT2D eigenvalue weighted by molar-refractivity contribution is 0.410. The number of benzene rings is 3. The van der Waals surface area contributed by atoms with Crippen molar-refractivity contribution in [1.82, 2.24) is 4.31 Å². The second kappa shape index (κ2) is 8.26. The zero-order valence-electron chi connectivity index (χ0n) is 16.6. The summed E-state index contributed by atoms with van der Waals surface area (Å²) in [6.45, 7) is 2.47. The van der Waals surface area contributed by atoms with Gasteiger partial charge in [-0.05, 0) is 49.4 Å². The average molecular weight is 404 g/mol. The largest absolute Gasteiger partial charge is 0.270 e. The molecule has 4 rings (SSSR count). The highest BCUT2D eigenvalue weighted by Crippen LogP contribution is 2.36. The molecule has 148 valence electrons. The molecule has 1 saturated heterocycles. The number of piperidine rings is 1. The van der Waals surface area contributed by atoms with E-state index in [0.29, 0.717) is 11.4 Å². The monoisotopic (exact) mass is 403 g/mol. The Morgan fingerprint density at radius 1 is 0.759 bits per heavy atom. The SMILES string of the molecule is Cc1ccc(S(=O)(=O)N2CCCCC2=C(c2ccccc2)c2ccccc2)cc1. The van der Waals surface area contributed by atoms with Crippen LogP contribution >= 0.6 is 0 Å². The molecule has 0 amide bonds. The fraction of sp³-hybridized carbons (Fsp3) is 0.200. The van der Waals surface area contributed by atoms with Crippen LogP contribution in [0.15, 0.2) is 95.5 Å². The molecule has 1 aliphatic rings. The molecule has 0 aromatic heterocycles. The summed E-state index contributed by atoms with van der Waals surface area (Å²) >= 11 is 0. The first-order valence-corrected chi connectivity index (χ1v) is 11.4. The minimum atomic E-state index is -3.61. The number of aryl methyl sites for hydroxylation is 1. The maximum atomic E-state index is 13.6. The molecule has 3 nitrogen and oxygen atoms in total. The van der Waals surface area contributed by atoms with E-state index in [-0.39, 0.29) is 0 Å². The van der Waals surface area contributed by atoms with Crippen LogP contribution in [-0.2, 0) is 10.0 Å². The maximum Gasteiger partial charge on any atom is 0.264 e. The standard InChI is InChI=1S/C25H25NO2S/c1-20-15-17-23(18-16-20)29(27,28)26-19-9-8-14-24(26)25(21-10-4-2-5-11-21)22-12-6-3-7-13-22/h2-7,10-13,15-18H,8-9,14,19H2,1H3. The minimum absolute atomic E-state index is 0.350. The molecule has 0 radical (unpaired) electrons. The Bertz CT molecular complexity index is 1060. The first-order chi connectivity index (χ1) is 14.1. The van der Waals surface area contributed by atoms with Gasteiger partial charge in [-0.25, -0.2) is 8.42 Å². The number of sulfonamides is 1. The smallest absolute Gasteiger partial charge is 0.264 e. The van der Waals surface area contributed by atoms with Gasteiger partial charge in [-0.15, -0.1) is 0 Å². The molecule has 1 fully saturated rings. The predicted octanol–water partition coefficient (Wildman–Crippen LogP) is 5.63. The first kappa shape index (κ1) is 19.5. The summed E-state index contributed by atoms with van der Waals surface area (Å²) in [5.41, 5.74) is 5.02. The zero-order valence-corrected chi connectivity index (χ0v) is 17.4. The average Bonchev–Trinajstić information content (AvgIpc) is 2.76. The van der Waals surface area contributed by atoms with Gasteiger partial charge in [0.05, 0.1) is 4.90 Å². The number of hydrogen-bond acceptors (Lipinski definition) is 2. The van der Waals surface area contributed by atoms with Gasteiger partial charge in [0.1, 0.15) is 0 Å². The topological polar surface area (TPSA) is 37.4 Å². The van der Waals surface area contributed by atoms with E-state index in [1.54, 1.807) is 16.4 Å². The molecule has 4 heteroatoms. The lowest BCUT2D eigenvalue weighted by Gasteiger charge is -2.33. The Morgan fingerprint density at radius 2 is 1.31 bits per heavy atom. The van der Waals surface area contributed by atoms with Crippen LogP contribution in [0.4, 0.5) is 0 Å². The van der Waals surface area contributed by atoms with Gasteiger partial charge >= 0.3 is 0 Å².